The number of hydrazine groups is 2. The van der Waals surface area contributed by atoms with Gasteiger partial charge in [-0.05, 0) is 0 Å². The van der Waals surface area contributed by atoms with E-state index in [-0.39, 0.29) is 0 Å². The van der Waals surface area contributed by atoms with Gasteiger partial charge >= 0.3 is 15.4 Å². The highest BCUT2D eigenvalue weighted by molar-refractivity contribution is 8.01. The fourth-order valence-electron chi connectivity index (χ4n) is 1.10. The molecule has 0 aromatic carbocycles. The van der Waals surface area contributed by atoms with E-state index in [4.69, 9.17) is 10.4 Å². The zero-order chi connectivity index (χ0) is 10.8. The Hall–Kier alpha value is -0.740. The predicted molar refractivity (Wildman–Crippen MR) is 47.4 cm³/mol. The fourth-order valence-corrected chi connectivity index (χ4v) is 1.45. The first kappa shape index (κ1) is 11.3. The van der Waals surface area contributed by atoms with E-state index >= 15 is 0 Å². The number of hydrogen-bond donors (Lipinski definition) is 3. The predicted octanol–water partition coefficient (Wildman–Crippen LogP) is -2.01. The first-order valence-corrected chi connectivity index (χ1v) is 5.39. The summed E-state index contributed by atoms with van der Waals surface area (Å²) >= 11 is 0. The molecule has 1 aliphatic heterocycles. The maximum Gasteiger partial charge on any atom is 0.394 e. The Morgan fingerprint density at radius 2 is 1.93 bits per heavy atom. The van der Waals surface area contributed by atoms with E-state index in [1.807, 2.05) is 0 Å². The van der Waals surface area contributed by atoms with Crippen LogP contribution < -0.4 is 11.2 Å². The van der Waals surface area contributed by atoms with E-state index in [0.717, 1.165) is 0 Å². The molecule has 0 aromatic rings. The molecule has 0 unspecified atom stereocenters. The summed E-state index contributed by atoms with van der Waals surface area (Å²) in [6.07, 6.45) is 0. The monoisotopic (exact) mass is 224 g/mol. The standard InChI is InChI=1S/C5H12N4O4S/c6-9(5(10)14(11,12)13)8-3-1-7-2-4-8/h7H,1-4,6H2,(H,11,12,13). The lowest BCUT2D eigenvalue weighted by Crippen LogP contribution is -2.58. The van der Waals surface area contributed by atoms with Gasteiger partial charge in [-0.2, -0.15) is 13.5 Å². The second-order valence-electron chi connectivity index (χ2n) is 2.79. The number of carbonyl (C=O) groups is 1. The van der Waals surface area contributed by atoms with Gasteiger partial charge in [-0.15, -0.1) is 0 Å². The number of nitrogens with zero attached hydrogens (tertiary/aromatic N) is 2. The molecular formula is C5H12N4O4S. The Morgan fingerprint density at radius 1 is 1.43 bits per heavy atom. The molecule has 0 aliphatic carbocycles. The van der Waals surface area contributed by atoms with Crippen molar-refractivity contribution < 1.29 is 17.8 Å². The third-order valence-corrected chi connectivity index (χ3v) is 2.43. The summed E-state index contributed by atoms with van der Waals surface area (Å²) in [4.78, 5) is 11.0. The molecule has 1 aliphatic rings. The van der Waals surface area contributed by atoms with Crippen molar-refractivity contribution in [2.75, 3.05) is 26.2 Å². The van der Waals surface area contributed by atoms with E-state index < -0.39 is 15.4 Å². The van der Waals surface area contributed by atoms with E-state index in [9.17, 15) is 13.2 Å². The molecule has 82 valence electrons. The largest absolute Gasteiger partial charge is 0.394 e. The van der Waals surface area contributed by atoms with Crippen LogP contribution in [0.2, 0.25) is 0 Å². The lowest BCUT2D eigenvalue weighted by molar-refractivity contribution is 0.0128. The highest BCUT2D eigenvalue weighted by Crippen LogP contribution is 2.00. The average Bonchev–Trinajstić information content (AvgIpc) is 2.15. The maximum absolute atomic E-state index is 11.0. The number of hydrogen-bond acceptors (Lipinski definition) is 6. The Morgan fingerprint density at radius 3 is 2.36 bits per heavy atom. The third kappa shape index (κ3) is 2.62. The van der Waals surface area contributed by atoms with Gasteiger partial charge in [0.05, 0.1) is 0 Å². The second kappa shape index (κ2) is 4.19. The normalized spacial score (nSPS) is 19.3. The van der Waals surface area contributed by atoms with Crippen LogP contribution in [-0.2, 0) is 10.1 Å². The van der Waals surface area contributed by atoms with Crippen LogP contribution in [0, 0.1) is 0 Å². The van der Waals surface area contributed by atoms with Gasteiger partial charge in [-0.25, -0.2) is 10.9 Å². The summed E-state index contributed by atoms with van der Waals surface area (Å²) in [5, 5.41) is 3.25. The van der Waals surface area contributed by atoms with Crippen molar-refractivity contribution in [1.82, 2.24) is 15.4 Å². The molecule has 8 nitrogen and oxygen atoms in total. The summed E-state index contributed by atoms with van der Waals surface area (Å²) in [5.41, 5.74) is 0. The van der Waals surface area contributed by atoms with E-state index in [0.29, 0.717) is 31.3 Å². The molecule has 1 fully saturated rings. The molecule has 4 N–H and O–H groups in total. The lowest BCUT2D eigenvalue weighted by atomic mass is 10.4. The zero-order valence-electron chi connectivity index (χ0n) is 7.38. The van der Waals surface area contributed by atoms with Gasteiger partial charge in [-0.3, -0.25) is 9.35 Å². The Labute approximate surface area is 81.3 Å². The zero-order valence-corrected chi connectivity index (χ0v) is 8.20. The molecule has 9 heteroatoms. The number of amides is 1. The summed E-state index contributed by atoms with van der Waals surface area (Å²) in [5.74, 6) is 5.22. The van der Waals surface area contributed by atoms with Gasteiger partial charge in [0, 0.05) is 26.2 Å². The minimum absolute atomic E-state index is 0.414. The number of piperazine rings is 1. The molecule has 0 aromatic heterocycles. The van der Waals surface area contributed by atoms with Crippen molar-refractivity contribution in [3.8, 4) is 0 Å². The van der Waals surface area contributed by atoms with Crippen LogP contribution in [0.3, 0.4) is 0 Å². The van der Waals surface area contributed by atoms with Crippen LogP contribution >= 0.6 is 0 Å². The Kier molecular flexibility index (Phi) is 3.39. The van der Waals surface area contributed by atoms with Crippen molar-refractivity contribution in [1.29, 1.82) is 0 Å². The van der Waals surface area contributed by atoms with Crippen LogP contribution in [0.15, 0.2) is 0 Å². The Bertz CT molecular complexity index is 310. The van der Waals surface area contributed by atoms with Crippen LogP contribution in [-0.4, -0.2) is 54.5 Å². The molecule has 1 amide bonds. The van der Waals surface area contributed by atoms with Gasteiger partial charge in [0.2, 0.25) is 0 Å². The second-order valence-corrected chi connectivity index (χ2v) is 4.09. The molecule has 0 spiro atoms. The van der Waals surface area contributed by atoms with Crippen molar-refractivity contribution in [3.63, 3.8) is 0 Å². The Balaban J connectivity index is 2.64. The highest BCUT2D eigenvalue weighted by atomic mass is 32.2. The summed E-state index contributed by atoms with van der Waals surface area (Å²) in [6.45, 7) is 2.04. The fraction of sp³-hybridized carbons (Fsp3) is 0.800. The number of rotatable bonds is 1. The third-order valence-electron chi connectivity index (χ3n) is 1.81. The molecule has 0 saturated carbocycles. The first-order chi connectivity index (χ1) is 6.43. The van der Waals surface area contributed by atoms with Crippen molar-refractivity contribution >= 4 is 15.4 Å². The van der Waals surface area contributed by atoms with Crippen LogP contribution in [0.5, 0.6) is 0 Å². The van der Waals surface area contributed by atoms with Crippen LogP contribution in [0.1, 0.15) is 0 Å². The molecule has 14 heavy (non-hydrogen) atoms. The van der Waals surface area contributed by atoms with Crippen molar-refractivity contribution in [3.05, 3.63) is 0 Å². The number of carbonyl (C=O) groups excluding carboxylic acids is 1. The highest BCUT2D eigenvalue weighted by Gasteiger charge is 2.29. The minimum Gasteiger partial charge on any atom is -0.314 e. The van der Waals surface area contributed by atoms with Crippen molar-refractivity contribution in [2.24, 2.45) is 5.84 Å². The summed E-state index contributed by atoms with van der Waals surface area (Å²) < 4.78 is 29.4. The van der Waals surface area contributed by atoms with Gasteiger partial charge in [0.1, 0.15) is 0 Å². The maximum atomic E-state index is 11.0. The number of nitrogens with one attached hydrogen (secondary N) is 1. The molecule has 1 saturated heterocycles. The quantitative estimate of drug-likeness (QED) is 0.204. The summed E-state index contributed by atoms with van der Waals surface area (Å²) in [7, 11) is -4.75. The molecular weight excluding hydrogens is 212 g/mol. The summed E-state index contributed by atoms with van der Waals surface area (Å²) in [6, 6.07) is 0. The molecule has 0 bridgehead atoms. The number of nitrogens with two attached hydrogens (primary N) is 1. The topological polar surface area (TPSA) is 116 Å². The van der Waals surface area contributed by atoms with E-state index in [1.165, 1.54) is 5.01 Å². The van der Waals surface area contributed by atoms with E-state index in [1.54, 1.807) is 0 Å². The average molecular weight is 224 g/mol. The first-order valence-electron chi connectivity index (χ1n) is 3.95. The van der Waals surface area contributed by atoms with E-state index in [2.05, 4.69) is 5.32 Å². The van der Waals surface area contributed by atoms with Crippen LogP contribution in [0.25, 0.3) is 0 Å². The minimum atomic E-state index is -4.75. The smallest absolute Gasteiger partial charge is 0.314 e. The van der Waals surface area contributed by atoms with Crippen LogP contribution in [0.4, 0.5) is 4.79 Å². The van der Waals surface area contributed by atoms with Gasteiger partial charge in [-0.1, -0.05) is 0 Å². The van der Waals surface area contributed by atoms with Gasteiger partial charge in [0.25, 0.3) is 0 Å². The van der Waals surface area contributed by atoms with Gasteiger partial charge in [0.15, 0.2) is 0 Å². The molecule has 0 atom stereocenters. The molecule has 1 rings (SSSR count). The molecule has 0 radical (unpaired) electrons. The lowest BCUT2D eigenvalue weighted by Gasteiger charge is -2.32. The SMILES string of the molecule is NN(C(=O)S(=O)(=O)O)N1CCNCC1. The molecule has 1 heterocycles. The van der Waals surface area contributed by atoms with Gasteiger partial charge < -0.3 is 5.32 Å². The van der Waals surface area contributed by atoms with Crippen molar-refractivity contribution in [2.45, 2.75) is 0 Å².